The summed E-state index contributed by atoms with van der Waals surface area (Å²) in [6.45, 7) is 2.45. The summed E-state index contributed by atoms with van der Waals surface area (Å²) >= 11 is 13.5. The Balaban J connectivity index is 1.71. The molecule has 2 rings (SSSR count). The van der Waals surface area contributed by atoms with E-state index in [9.17, 15) is 9.90 Å². The lowest BCUT2D eigenvalue weighted by molar-refractivity contribution is 0.0519. The standard InChI is InChI=1S/C17H20Cl2N2O3S/c1-2-24-17(23)16-10-21(11-20-16)9-12(22)4-3-7-25-13-5-6-14(18)15(19)8-13/h5-6,8,10-12,22H,2-4,7,9H2,1H3/t12-/m0/s1. The van der Waals surface area contributed by atoms with Gasteiger partial charge in [0.05, 0.1) is 29.1 Å². The first-order valence-electron chi connectivity index (χ1n) is 7.94. The minimum atomic E-state index is -0.501. The van der Waals surface area contributed by atoms with Gasteiger partial charge in [-0.1, -0.05) is 23.2 Å². The molecule has 1 aromatic carbocycles. The molecule has 5 nitrogen and oxygen atoms in total. The van der Waals surface area contributed by atoms with E-state index < -0.39 is 12.1 Å². The number of carbonyl (C=O) groups is 1. The van der Waals surface area contributed by atoms with E-state index in [1.807, 2.05) is 12.1 Å². The Morgan fingerprint density at radius 3 is 2.92 bits per heavy atom. The average Bonchev–Trinajstić information content (AvgIpc) is 3.03. The van der Waals surface area contributed by atoms with Gasteiger partial charge in [-0.3, -0.25) is 0 Å². The molecule has 0 saturated heterocycles. The molecule has 0 fully saturated rings. The Hall–Kier alpha value is -1.21. The number of aromatic nitrogens is 2. The topological polar surface area (TPSA) is 64.3 Å². The molecule has 0 radical (unpaired) electrons. The molecule has 8 heteroatoms. The van der Waals surface area contributed by atoms with E-state index in [0.29, 0.717) is 29.6 Å². The van der Waals surface area contributed by atoms with Crippen molar-refractivity contribution in [2.75, 3.05) is 12.4 Å². The lowest BCUT2D eigenvalue weighted by atomic mass is 10.2. The van der Waals surface area contributed by atoms with Crippen LogP contribution in [0.5, 0.6) is 0 Å². The van der Waals surface area contributed by atoms with Gasteiger partial charge in [-0.15, -0.1) is 11.8 Å². The fourth-order valence-corrected chi connectivity index (χ4v) is 3.46. The largest absolute Gasteiger partial charge is 0.461 e. The number of ether oxygens (including phenoxy) is 1. The van der Waals surface area contributed by atoms with Crippen molar-refractivity contribution in [1.82, 2.24) is 9.55 Å². The fraction of sp³-hybridized carbons (Fsp3) is 0.412. The van der Waals surface area contributed by atoms with Gasteiger partial charge >= 0.3 is 5.97 Å². The van der Waals surface area contributed by atoms with E-state index in [-0.39, 0.29) is 5.69 Å². The number of aliphatic hydroxyl groups is 1. The Morgan fingerprint density at radius 2 is 2.20 bits per heavy atom. The van der Waals surface area contributed by atoms with Gasteiger partial charge in [-0.05, 0) is 43.7 Å². The molecule has 0 amide bonds. The van der Waals surface area contributed by atoms with E-state index in [2.05, 4.69) is 4.98 Å². The van der Waals surface area contributed by atoms with Gasteiger partial charge in [0.25, 0.3) is 0 Å². The van der Waals surface area contributed by atoms with Crippen LogP contribution in [0.4, 0.5) is 0 Å². The Morgan fingerprint density at radius 1 is 1.40 bits per heavy atom. The van der Waals surface area contributed by atoms with Crippen LogP contribution in [0.2, 0.25) is 10.0 Å². The van der Waals surface area contributed by atoms with Crippen molar-refractivity contribution in [3.05, 3.63) is 46.5 Å². The van der Waals surface area contributed by atoms with Crippen molar-refractivity contribution in [1.29, 1.82) is 0 Å². The van der Waals surface area contributed by atoms with Crippen molar-refractivity contribution in [2.45, 2.75) is 37.3 Å². The molecule has 0 aliphatic carbocycles. The van der Waals surface area contributed by atoms with Crippen LogP contribution in [0, 0.1) is 0 Å². The number of aliphatic hydroxyl groups excluding tert-OH is 1. The minimum Gasteiger partial charge on any atom is -0.461 e. The van der Waals surface area contributed by atoms with Crippen LogP contribution in [0.15, 0.2) is 35.6 Å². The summed E-state index contributed by atoms with van der Waals surface area (Å²) in [5.74, 6) is 0.418. The SMILES string of the molecule is CCOC(=O)c1cn(C[C@@H](O)CCCSc2ccc(Cl)c(Cl)c2)cn1. The van der Waals surface area contributed by atoms with Crippen molar-refractivity contribution < 1.29 is 14.6 Å². The molecule has 1 N–H and O–H groups in total. The van der Waals surface area contributed by atoms with Crippen LogP contribution in [0.25, 0.3) is 0 Å². The molecule has 0 unspecified atom stereocenters. The second-order valence-electron chi connectivity index (χ2n) is 5.40. The number of hydrogen-bond donors (Lipinski definition) is 1. The molecule has 0 aliphatic heterocycles. The number of hydrogen-bond acceptors (Lipinski definition) is 5. The third-order valence-corrected chi connectivity index (χ3v) is 5.20. The molecule has 2 aromatic rings. The van der Waals surface area contributed by atoms with Crippen LogP contribution in [0.1, 0.15) is 30.3 Å². The summed E-state index contributed by atoms with van der Waals surface area (Å²) < 4.78 is 6.58. The highest BCUT2D eigenvalue weighted by molar-refractivity contribution is 7.99. The second-order valence-corrected chi connectivity index (χ2v) is 7.38. The lowest BCUT2D eigenvalue weighted by Crippen LogP contribution is -2.15. The maximum atomic E-state index is 11.6. The lowest BCUT2D eigenvalue weighted by Gasteiger charge is -2.11. The van der Waals surface area contributed by atoms with E-state index in [0.717, 1.165) is 17.1 Å². The number of nitrogens with zero attached hydrogens (tertiary/aromatic N) is 2. The number of benzene rings is 1. The van der Waals surface area contributed by atoms with Gasteiger partial charge < -0.3 is 14.4 Å². The smallest absolute Gasteiger partial charge is 0.358 e. The maximum absolute atomic E-state index is 11.6. The van der Waals surface area contributed by atoms with E-state index in [1.54, 1.807) is 35.5 Å². The van der Waals surface area contributed by atoms with Crippen molar-refractivity contribution in [2.24, 2.45) is 0 Å². The van der Waals surface area contributed by atoms with Crippen LogP contribution in [-0.2, 0) is 11.3 Å². The number of imidazole rings is 1. The van der Waals surface area contributed by atoms with E-state index >= 15 is 0 Å². The highest BCUT2D eigenvalue weighted by atomic mass is 35.5. The maximum Gasteiger partial charge on any atom is 0.358 e. The van der Waals surface area contributed by atoms with Gasteiger partial charge in [0.1, 0.15) is 0 Å². The van der Waals surface area contributed by atoms with Gasteiger partial charge in [0, 0.05) is 17.6 Å². The number of thioether (sulfide) groups is 1. The monoisotopic (exact) mass is 402 g/mol. The highest BCUT2D eigenvalue weighted by Gasteiger charge is 2.12. The first-order valence-corrected chi connectivity index (χ1v) is 9.68. The molecule has 1 heterocycles. The number of rotatable bonds is 9. The summed E-state index contributed by atoms with van der Waals surface area (Å²) in [7, 11) is 0. The molecule has 25 heavy (non-hydrogen) atoms. The average molecular weight is 403 g/mol. The molecule has 0 aliphatic rings. The zero-order chi connectivity index (χ0) is 18.2. The predicted molar refractivity (Wildman–Crippen MR) is 101 cm³/mol. The molecular formula is C17H20Cl2N2O3S. The molecule has 0 bridgehead atoms. The van der Waals surface area contributed by atoms with Gasteiger partial charge in [0.2, 0.25) is 0 Å². The fourth-order valence-electron chi connectivity index (χ4n) is 2.18. The summed E-state index contributed by atoms with van der Waals surface area (Å²) in [5, 5.41) is 11.2. The van der Waals surface area contributed by atoms with Crippen LogP contribution >= 0.6 is 35.0 Å². The third-order valence-electron chi connectivity index (χ3n) is 3.38. The molecule has 136 valence electrons. The van der Waals surface area contributed by atoms with Gasteiger partial charge in [0.15, 0.2) is 5.69 Å². The zero-order valence-electron chi connectivity index (χ0n) is 13.8. The van der Waals surface area contributed by atoms with E-state index in [4.69, 9.17) is 27.9 Å². The third kappa shape index (κ3) is 6.55. The van der Waals surface area contributed by atoms with Gasteiger partial charge in [-0.25, -0.2) is 9.78 Å². The Kier molecular flexibility index (Phi) is 8.09. The molecule has 1 aromatic heterocycles. The Labute approximate surface area is 161 Å². The number of carbonyl (C=O) groups excluding carboxylic acids is 1. The van der Waals surface area contributed by atoms with Gasteiger partial charge in [-0.2, -0.15) is 0 Å². The number of esters is 1. The summed E-state index contributed by atoms with van der Waals surface area (Å²) in [6, 6.07) is 5.55. The second kappa shape index (κ2) is 10.1. The normalized spacial score (nSPS) is 12.2. The highest BCUT2D eigenvalue weighted by Crippen LogP contribution is 2.28. The van der Waals surface area contributed by atoms with Crippen LogP contribution in [-0.4, -0.2) is 39.1 Å². The number of halogens is 2. The van der Waals surface area contributed by atoms with Crippen LogP contribution in [0.3, 0.4) is 0 Å². The predicted octanol–water partition coefficient (Wildman–Crippen LogP) is 4.30. The molecule has 0 spiro atoms. The minimum absolute atomic E-state index is 0.254. The summed E-state index contributed by atoms with van der Waals surface area (Å²) in [4.78, 5) is 16.6. The van der Waals surface area contributed by atoms with Crippen molar-refractivity contribution in [3.63, 3.8) is 0 Å². The quantitative estimate of drug-likeness (QED) is 0.384. The molecular weight excluding hydrogens is 383 g/mol. The summed E-state index contributed by atoms with van der Waals surface area (Å²) in [5.41, 5.74) is 0.254. The first-order chi connectivity index (χ1) is 12.0. The Bertz CT molecular complexity index is 709. The zero-order valence-corrected chi connectivity index (χ0v) is 16.2. The molecule has 1 atom stereocenters. The van der Waals surface area contributed by atoms with E-state index in [1.165, 1.54) is 6.33 Å². The van der Waals surface area contributed by atoms with Crippen molar-refractivity contribution >= 4 is 40.9 Å². The summed E-state index contributed by atoms with van der Waals surface area (Å²) in [6.07, 6.45) is 4.12. The first kappa shape index (κ1) is 20.1. The molecule has 0 saturated carbocycles. The van der Waals surface area contributed by atoms with Crippen LogP contribution < -0.4 is 0 Å². The van der Waals surface area contributed by atoms with Crippen molar-refractivity contribution in [3.8, 4) is 0 Å².